The summed E-state index contributed by atoms with van der Waals surface area (Å²) in [5, 5.41) is 3.97. The quantitative estimate of drug-likeness (QED) is 0.785. The number of halogens is 1. The van der Waals surface area contributed by atoms with Gasteiger partial charge in [-0.15, -0.1) is 0 Å². The molecule has 0 amide bonds. The second-order valence-corrected chi connectivity index (χ2v) is 5.46. The number of ether oxygens (including phenoxy) is 2. The van der Waals surface area contributed by atoms with Gasteiger partial charge in [-0.3, -0.25) is 0 Å². The molecule has 4 nitrogen and oxygen atoms in total. The number of pyridine rings is 1. The Labute approximate surface area is 125 Å². The maximum atomic E-state index is 6.14. The minimum Gasteiger partial charge on any atom is -0.475 e. The molecule has 0 radical (unpaired) electrons. The molecule has 0 aliphatic carbocycles. The van der Waals surface area contributed by atoms with E-state index in [1.54, 1.807) is 0 Å². The maximum Gasteiger partial charge on any atom is 0.213 e. The first kappa shape index (κ1) is 15.5. The van der Waals surface area contributed by atoms with Crippen LogP contribution in [0.5, 0.6) is 5.88 Å². The van der Waals surface area contributed by atoms with Gasteiger partial charge >= 0.3 is 0 Å². The molecule has 0 saturated carbocycles. The molecule has 1 aliphatic heterocycles. The molecule has 1 unspecified atom stereocenters. The van der Waals surface area contributed by atoms with Gasteiger partial charge in [0.2, 0.25) is 5.88 Å². The summed E-state index contributed by atoms with van der Waals surface area (Å²) in [5.41, 5.74) is 0.835. The number of nitrogens with one attached hydrogen (secondary N) is 1. The molecular weight excluding hydrogens is 276 g/mol. The topological polar surface area (TPSA) is 43.4 Å². The van der Waals surface area contributed by atoms with Gasteiger partial charge in [0.05, 0.1) is 16.8 Å². The first-order valence-corrected chi connectivity index (χ1v) is 7.78. The van der Waals surface area contributed by atoms with Crippen LogP contribution >= 0.6 is 11.6 Å². The molecular formula is C15H23ClN2O2. The third-order valence-corrected chi connectivity index (χ3v) is 3.65. The molecule has 112 valence electrons. The van der Waals surface area contributed by atoms with Crippen molar-refractivity contribution in [3.05, 3.63) is 22.8 Å². The van der Waals surface area contributed by atoms with Crippen LogP contribution in [0.2, 0.25) is 5.02 Å². The van der Waals surface area contributed by atoms with E-state index in [9.17, 15) is 0 Å². The summed E-state index contributed by atoms with van der Waals surface area (Å²) in [6, 6.07) is 3.66. The van der Waals surface area contributed by atoms with Crippen LogP contribution in [-0.2, 0) is 11.3 Å². The van der Waals surface area contributed by atoms with Crippen molar-refractivity contribution in [1.82, 2.24) is 10.3 Å². The predicted octanol–water partition coefficient (Wildman–Crippen LogP) is 3.18. The molecule has 1 saturated heterocycles. The van der Waals surface area contributed by atoms with Gasteiger partial charge in [-0.25, -0.2) is 4.98 Å². The van der Waals surface area contributed by atoms with E-state index in [2.05, 4.69) is 17.2 Å². The van der Waals surface area contributed by atoms with Crippen molar-refractivity contribution in [3.8, 4) is 5.88 Å². The third kappa shape index (κ3) is 4.93. The van der Waals surface area contributed by atoms with Gasteiger partial charge in [0.1, 0.15) is 6.61 Å². The molecule has 0 spiro atoms. The normalized spacial score (nSPS) is 19.0. The first-order valence-electron chi connectivity index (χ1n) is 7.40. The molecule has 2 rings (SSSR count). The number of aromatic nitrogens is 1. The van der Waals surface area contributed by atoms with Crippen LogP contribution in [-0.4, -0.2) is 30.8 Å². The summed E-state index contributed by atoms with van der Waals surface area (Å²) in [7, 11) is 0. The Bertz CT molecular complexity index is 409. The largest absolute Gasteiger partial charge is 0.475 e. The molecule has 5 heteroatoms. The number of rotatable bonds is 7. The van der Waals surface area contributed by atoms with Crippen LogP contribution in [0.1, 0.15) is 38.3 Å². The van der Waals surface area contributed by atoms with Crippen LogP contribution in [0, 0.1) is 0 Å². The van der Waals surface area contributed by atoms with Gasteiger partial charge in [-0.2, -0.15) is 0 Å². The first-order chi connectivity index (χ1) is 9.79. The molecule has 2 heterocycles. The van der Waals surface area contributed by atoms with Gasteiger partial charge < -0.3 is 14.8 Å². The van der Waals surface area contributed by atoms with Gasteiger partial charge in [-0.1, -0.05) is 18.5 Å². The van der Waals surface area contributed by atoms with Crippen molar-refractivity contribution in [1.29, 1.82) is 0 Å². The fraction of sp³-hybridized carbons (Fsp3) is 0.667. The van der Waals surface area contributed by atoms with Crippen LogP contribution in [0.4, 0.5) is 0 Å². The molecule has 0 bridgehead atoms. The van der Waals surface area contributed by atoms with Crippen molar-refractivity contribution in [2.45, 2.75) is 45.3 Å². The zero-order valence-electron chi connectivity index (χ0n) is 12.0. The van der Waals surface area contributed by atoms with Crippen molar-refractivity contribution < 1.29 is 9.47 Å². The highest BCUT2D eigenvalue weighted by molar-refractivity contribution is 6.31. The van der Waals surface area contributed by atoms with E-state index in [-0.39, 0.29) is 6.10 Å². The SMILES string of the molecule is CCCNCc1nc(OCC2CCCCO2)ccc1Cl. The second kappa shape index (κ2) is 8.45. The summed E-state index contributed by atoms with van der Waals surface area (Å²) in [6.45, 7) is 5.17. The monoisotopic (exact) mass is 298 g/mol. The Hall–Kier alpha value is -0.840. The zero-order chi connectivity index (χ0) is 14.2. The summed E-state index contributed by atoms with van der Waals surface area (Å²) in [5.74, 6) is 0.622. The van der Waals surface area contributed by atoms with Gasteiger partial charge in [0.15, 0.2) is 0 Å². The van der Waals surface area contributed by atoms with E-state index < -0.39 is 0 Å². The summed E-state index contributed by atoms with van der Waals surface area (Å²) < 4.78 is 11.4. The Morgan fingerprint density at radius 2 is 2.35 bits per heavy atom. The summed E-state index contributed by atoms with van der Waals surface area (Å²) in [4.78, 5) is 4.46. The van der Waals surface area contributed by atoms with Crippen LogP contribution in [0.3, 0.4) is 0 Å². The van der Waals surface area contributed by atoms with Crippen LogP contribution < -0.4 is 10.1 Å². The highest BCUT2D eigenvalue weighted by Gasteiger charge is 2.15. The lowest BCUT2D eigenvalue weighted by Gasteiger charge is -2.22. The van der Waals surface area contributed by atoms with Crippen molar-refractivity contribution in [2.75, 3.05) is 19.8 Å². The Kier molecular flexibility index (Phi) is 6.57. The average Bonchev–Trinajstić information content (AvgIpc) is 2.49. The highest BCUT2D eigenvalue weighted by atomic mass is 35.5. The minimum atomic E-state index is 0.197. The number of hydrogen-bond acceptors (Lipinski definition) is 4. The van der Waals surface area contributed by atoms with E-state index in [1.807, 2.05) is 12.1 Å². The Morgan fingerprint density at radius 3 is 3.10 bits per heavy atom. The van der Waals surface area contributed by atoms with E-state index >= 15 is 0 Å². The second-order valence-electron chi connectivity index (χ2n) is 5.05. The number of hydrogen-bond donors (Lipinski definition) is 1. The van der Waals surface area contributed by atoms with E-state index in [4.69, 9.17) is 21.1 Å². The fourth-order valence-corrected chi connectivity index (χ4v) is 2.34. The molecule has 0 aromatic carbocycles. The zero-order valence-corrected chi connectivity index (χ0v) is 12.8. The molecule has 1 N–H and O–H groups in total. The van der Waals surface area contributed by atoms with Gasteiger partial charge in [0, 0.05) is 19.2 Å². The molecule has 20 heavy (non-hydrogen) atoms. The Morgan fingerprint density at radius 1 is 1.45 bits per heavy atom. The van der Waals surface area contributed by atoms with E-state index in [0.29, 0.717) is 24.1 Å². The molecule has 1 aliphatic rings. The number of nitrogens with zero attached hydrogens (tertiary/aromatic N) is 1. The summed E-state index contributed by atoms with van der Waals surface area (Å²) >= 11 is 6.14. The van der Waals surface area contributed by atoms with Crippen molar-refractivity contribution >= 4 is 11.6 Å². The van der Waals surface area contributed by atoms with Crippen LogP contribution in [0.15, 0.2) is 12.1 Å². The smallest absolute Gasteiger partial charge is 0.213 e. The lowest BCUT2D eigenvalue weighted by Crippen LogP contribution is -2.26. The van der Waals surface area contributed by atoms with Crippen LogP contribution in [0.25, 0.3) is 0 Å². The van der Waals surface area contributed by atoms with Crippen molar-refractivity contribution in [2.24, 2.45) is 0 Å². The van der Waals surface area contributed by atoms with Crippen molar-refractivity contribution in [3.63, 3.8) is 0 Å². The average molecular weight is 299 g/mol. The molecule has 1 aromatic heterocycles. The summed E-state index contributed by atoms with van der Waals surface area (Å²) in [6.07, 6.45) is 4.73. The Balaban J connectivity index is 1.85. The molecule has 1 aromatic rings. The highest BCUT2D eigenvalue weighted by Crippen LogP contribution is 2.19. The molecule has 1 atom stereocenters. The lowest BCUT2D eigenvalue weighted by atomic mass is 10.1. The fourth-order valence-electron chi connectivity index (χ4n) is 2.17. The van der Waals surface area contributed by atoms with E-state index in [0.717, 1.165) is 38.1 Å². The third-order valence-electron chi connectivity index (χ3n) is 3.30. The lowest BCUT2D eigenvalue weighted by molar-refractivity contribution is -0.0119. The standard InChI is InChI=1S/C15H23ClN2O2/c1-2-8-17-10-14-13(16)6-7-15(18-14)20-11-12-5-3-4-9-19-12/h6-7,12,17H,2-5,8-11H2,1H3. The minimum absolute atomic E-state index is 0.197. The predicted molar refractivity (Wildman–Crippen MR) is 80.3 cm³/mol. The van der Waals surface area contributed by atoms with Gasteiger partial charge in [0.25, 0.3) is 0 Å². The molecule has 1 fully saturated rings. The maximum absolute atomic E-state index is 6.14. The van der Waals surface area contributed by atoms with Gasteiger partial charge in [-0.05, 0) is 38.3 Å². The van der Waals surface area contributed by atoms with E-state index in [1.165, 1.54) is 6.42 Å².